The van der Waals surface area contributed by atoms with Crippen molar-refractivity contribution in [2.45, 2.75) is 0 Å². The Morgan fingerprint density at radius 3 is 2.44 bits per heavy atom. The summed E-state index contributed by atoms with van der Waals surface area (Å²) in [5.74, 6) is 1.99. The van der Waals surface area contributed by atoms with E-state index in [2.05, 4.69) is 0 Å². The van der Waals surface area contributed by atoms with E-state index in [1.807, 2.05) is 24.3 Å². The molecule has 132 valence electrons. The quantitative estimate of drug-likeness (QED) is 0.860. The average Bonchev–Trinajstić information content (AvgIpc) is 3.08. The Bertz CT molecular complexity index is 772. The van der Waals surface area contributed by atoms with Crippen LogP contribution in [0.1, 0.15) is 10.4 Å². The predicted molar refractivity (Wildman–Crippen MR) is 91.3 cm³/mol. The predicted octanol–water partition coefficient (Wildman–Crippen LogP) is 2.49. The molecule has 1 aliphatic rings. The van der Waals surface area contributed by atoms with Gasteiger partial charge in [-0.05, 0) is 23.8 Å². The highest BCUT2D eigenvalue weighted by Crippen LogP contribution is 2.42. The van der Waals surface area contributed by atoms with Crippen LogP contribution in [0.3, 0.4) is 0 Å². The number of rotatable bonds is 3. The molecule has 0 saturated heterocycles. The van der Waals surface area contributed by atoms with Gasteiger partial charge in [-0.3, -0.25) is 9.59 Å². The normalized spacial score (nSPS) is 11.2. The molecule has 0 aromatic heterocycles. The second kappa shape index (κ2) is 8.05. The number of amides is 1. The molecule has 1 aliphatic heterocycles. The molecule has 0 saturated carbocycles. The second-order valence-electron chi connectivity index (χ2n) is 5.29. The largest absolute Gasteiger partial charge is 0.496 e. The molecule has 1 N–H and O–H groups in total. The lowest BCUT2D eigenvalue weighted by molar-refractivity contribution is -0.122. The topological polar surface area (TPSA) is 85.3 Å². The Balaban J connectivity index is 0.000000701. The van der Waals surface area contributed by atoms with Crippen LogP contribution in [0.4, 0.5) is 0 Å². The van der Waals surface area contributed by atoms with Gasteiger partial charge in [-0.1, -0.05) is 12.1 Å². The number of carboxylic acid groups (broad SMARTS) is 1. The summed E-state index contributed by atoms with van der Waals surface area (Å²) in [4.78, 5) is 22.0. The Kier molecular flexibility index (Phi) is 5.84. The molecular weight excluding hydrogens is 326 g/mol. The maximum Gasteiger partial charge on any atom is 0.290 e. The first-order valence-corrected chi connectivity index (χ1v) is 7.39. The monoisotopic (exact) mass is 345 g/mol. The van der Waals surface area contributed by atoms with Gasteiger partial charge in [0.05, 0.1) is 7.11 Å². The summed E-state index contributed by atoms with van der Waals surface area (Å²) in [7, 11) is 5.07. The molecular formula is C18H19NO6. The highest BCUT2D eigenvalue weighted by atomic mass is 16.7. The number of methoxy groups -OCH3 is 1. The molecule has 0 atom stereocenters. The molecule has 1 amide bonds. The number of hydrogen-bond donors (Lipinski definition) is 1. The number of nitrogens with zero attached hydrogens (tertiary/aromatic N) is 1. The van der Waals surface area contributed by atoms with Crippen LogP contribution < -0.4 is 14.2 Å². The van der Waals surface area contributed by atoms with Gasteiger partial charge in [0.1, 0.15) is 5.75 Å². The molecule has 25 heavy (non-hydrogen) atoms. The Morgan fingerprint density at radius 1 is 1.20 bits per heavy atom. The second-order valence-corrected chi connectivity index (χ2v) is 5.29. The summed E-state index contributed by atoms with van der Waals surface area (Å²) in [6.07, 6.45) is 0. The minimum atomic E-state index is -0.250. The third-order valence-electron chi connectivity index (χ3n) is 3.52. The fourth-order valence-corrected chi connectivity index (χ4v) is 2.40. The zero-order chi connectivity index (χ0) is 18.4. The smallest absolute Gasteiger partial charge is 0.290 e. The summed E-state index contributed by atoms with van der Waals surface area (Å²) < 4.78 is 16.2. The van der Waals surface area contributed by atoms with Crippen molar-refractivity contribution in [1.29, 1.82) is 0 Å². The van der Waals surface area contributed by atoms with Gasteiger partial charge in [0, 0.05) is 31.3 Å². The molecule has 2 aromatic rings. The third kappa shape index (κ3) is 4.00. The highest BCUT2D eigenvalue weighted by molar-refractivity contribution is 5.95. The first kappa shape index (κ1) is 18.1. The van der Waals surface area contributed by atoms with Crippen molar-refractivity contribution in [3.63, 3.8) is 0 Å². The molecule has 0 radical (unpaired) electrons. The van der Waals surface area contributed by atoms with Gasteiger partial charge in [0.2, 0.25) is 6.79 Å². The van der Waals surface area contributed by atoms with E-state index in [0.717, 1.165) is 11.1 Å². The van der Waals surface area contributed by atoms with E-state index in [4.69, 9.17) is 24.1 Å². The first-order valence-electron chi connectivity index (χ1n) is 7.39. The Hall–Kier alpha value is -3.22. The van der Waals surface area contributed by atoms with Crippen LogP contribution in [-0.4, -0.2) is 50.4 Å². The minimum absolute atomic E-state index is 0.0402. The van der Waals surface area contributed by atoms with E-state index < -0.39 is 0 Å². The lowest BCUT2D eigenvalue weighted by Crippen LogP contribution is -2.21. The molecule has 7 nitrogen and oxygen atoms in total. The zero-order valence-electron chi connectivity index (χ0n) is 14.2. The van der Waals surface area contributed by atoms with Crippen molar-refractivity contribution in [3.05, 3.63) is 42.0 Å². The molecule has 3 rings (SSSR count). The van der Waals surface area contributed by atoms with Crippen LogP contribution in [-0.2, 0) is 4.79 Å². The zero-order valence-corrected chi connectivity index (χ0v) is 14.2. The summed E-state index contributed by atoms with van der Waals surface area (Å²) in [5, 5.41) is 6.89. The maximum absolute atomic E-state index is 12.1. The van der Waals surface area contributed by atoms with Crippen molar-refractivity contribution in [2.24, 2.45) is 0 Å². The molecule has 1 heterocycles. The number of hydrogen-bond acceptors (Lipinski definition) is 5. The van der Waals surface area contributed by atoms with Gasteiger partial charge in [-0.15, -0.1) is 0 Å². The van der Waals surface area contributed by atoms with E-state index in [1.54, 1.807) is 38.2 Å². The van der Waals surface area contributed by atoms with Gasteiger partial charge < -0.3 is 24.2 Å². The third-order valence-corrected chi connectivity index (χ3v) is 3.52. The SMILES string of the molecule is COc1cc2c(cc1-c1cccc(C(=O)N(C)C)c1)OCO2.O=CO. The summed E-state index contributed by atoms with van der Waals surface area (Å²) in [5.41, 5.74) is 2.38. The van der Waals surface area contributed by atoms with Gasteiger partial charge in [-0.2, -0.15) is 0 Å². The van der Waals surface area contributed by atoms with Crippen molar-refractivity contribution in [2.75, 3.05) is 28.0 Å². The van der Waals surface area contributed by atoms with Crippen molar-refractivity contribution in [3.8, 4) is 28.4 Å². The number of ether oxygens (including phenoxy) is 3. The summed E-state index contributed by atoms with van der Waals surface area (Å²) >= 11 is 0. The lowest BCUT2D eigenvalue weighted by Gasteiger charge is -2.13. The van der Waals surface area contributed by atoms with Crippen molar-refractivity contribution in [1.82, 2.24) is 4.90 Å². The fourth-order valence-electron chi connectivity index (χ4n) is 2.40. The van der Waals surface area contributed by atoms with Crippen LogP contribution in [0.5, 0.6) is 17.2 Å². The number of benzene rings is 2. The van der Waals surface area contributed by atoms with Crippen LogP contribution in [0.15, 0.2) is 36.4 Å². The number of fused-ring (bicyclic) bond motifs is 1. The van der Waals surface area contributed by atoms with E-state index in [-0.39, 0.29) is 19.2 Å². The van der Waals surface area contributed by atoms with Crippen LogP contribution in [0, 0.1) is 0 Å². The Morgan fingerprint density at radius 2 is 1.84 bits per heavy atom. The number of carbonyl (C=O) groups excluding carboxylic acids is 1. The van der Waals surface area contributed by atoms with E-state index in [0.29, 0.717) is 22.8 Å². The first-order chi connectivity index (χ1) is 12.0. The summed E-state index contributed by atoms with van der Waals surface area (Å²) in [6, 6.07) is 11.1. The van der Waals surface area contributed by atoms with Crippen molar-refractivity contribution >= 4 is 12.4 Å². The molecule has 7 heteroatoms. The van der Waals surface area contributed by atoms with Gasteiger partial charge >= 0.3 is 0 Å². The average molecular weight is 345 g/mol. The summed E-state index contributed by atoms with van der Waals surface area (Å²) in [6.45, 7) is -0.0406. The lowest BCUT2D eigenvalue weighted by atomic mass is 10.0. The molecule has 2 aromatic carbocycles. The standard InChI is InChI=1S/C17H17NO4.CH2O2/c1-18(2)17(19)12-6-4-5-11(7-12)13-8-15-16(22-10-21-15)9-14(13)20-3;2-1-3/h4-9H,10H2,1-3H3;1H,(H,2,3). The highest BCUT2D eigenvalue weighted by Gasteiger charge is 2.19. The van der Waals surface area contributed by atoms with E-state index in [1.165, 1.54) is 0 Å². The van der Waals surface area contributed by atoms with E-state index >= 15 is 0 Å². The van der Waals surface area contributed by atoms with Crippen LogP contribution in [0.2, 0.25) is 0 Å². The van der Waals surface area contributed by atoms with Crippen LogP contribution in [0.25, 0.3) is 11.1 Å². The fraction of sp³-hybridized carbons (Fsp3) is 0.222. The number of carbonyl (C=O) groups is 2. The molecule has 0 spiro atoms. The Labute approximate surface area is 145 Å². The molecule has 0 unspecified atom stereocenters. The molecule has 0 bridgehead atoms. The maximum atomic E-state index is 12.1. The van der Waals surface area contributed by atoms with Crippen molar-refractivity contribution < 1.29 is 28.9 Å². The van der Waals surface area contributed by atoms with Gasteiger partial charge in [0.25, 0.3) is 12.4 Å². The van der Waals surface area contributed by atoms with Gasteiger partial charge in [0.15, 0.2) is 11.5 Å². The van der Waals surface area contributed by atoms with E-state index in [9.17, 15) is 4.79 Å². The van der Waals surface area contributed by atoms with Gasteiger partial charge in [-0.25, -0.2) is 0 Å². The minimum Gasteiger partial charge on any atom is -0.496 e. The molecule has 0 fully saturated rings. The van der Waals surface area contributed by atoms with Crippen LogP contribution >= 0.6 is 0 Å². The molecule has 0 aliphatic carbocycles.